The van der Waals surface area contributed by atoms with E-state index in [4.69, 9.17) is 15.2 Å². The van der Waals surface area contributed by atoms with Crippen LogP contribution in [0, 0.1) is 0 Å². The SMILES string of the molecule is NCCOCCOCCNc1ccc(O)c2c1C(=O)c1ccccc1C2=O. The van der Waals surface area contributed by atoms with Crippen LogP contribution < -0.4 is 11.1 Å². The molecule has 3 rings (SSSR count). The van der Waals surface area contributed by atoms with Crippen LogP contribution in [0.15, 0.2) is 36.4 Å². The summed E-state index contributed by atoms with van der Waals surface area (Å²) >= 11 is 0. The zero-order valence-electron chi connectivity index (χ0n) is 14.9. The van der Waals surface area contributed by atoms with E-state index in [-0.39, 0.29) is 28.4 Å². The predicted molar refractivity (Wildman–Crippen MR) is 101 cm³/mol. The first-order valence-electron chi connectivity index (χ1n) is 8.79. The summed E-state index contributed by atoms with van der Waals surface area (Å²) in [5.41, 5.74) is 6.72. The molecule has 0 spiro atoms. The Labute approximate surface area is 157 Å². The smallest absolute Gasteiger partial charge is 0.198 e. The standard InChI is InChI=1S/C20H22N2O5/c21-7-9-26-11-12-27-10-8-22-15-5-6-16(23)18-17(15)19(24)13-3-1-2-4-14(13)20(18)25/h1-6,22-23H,7-12,21H2. The molecular formula is C20H22N2O5. The van der Waals surface area contributed by atoms with Crippen LogP contribution in [0.25, 0.3) is 0 Å². The third-order valence-electron chi connectivity index (χ3n) is 4.25. The fourth-order valence-corrected chi connectivity index (χ4v) is 3.02. The van der Waals surface area contributed by atoms with Crippen molar-refractivity contribution in [2.24, 2.45) is 5.73 Å². The van der Waals surface area contributed by atoms with Crippen molar-refractivity contribution >= 4 is 17.3 Å². The Balaban J connectivity index is 1.70. The number of rotatable bonds is 9. The van der Waals surface area contributed by atoms with Gasteiger partial charge in [-0.1, -0.05) is 24.3 Å². The van der Waals surface area contributed by atoms with Crippen LogP contribution in [0.4, 0.5) is 5.69 Å². The minimum absolute atomic E-state index is 0.0415. The van der Waals surface area contributed by atoms with Crippen molar-refractivity contribution in [2.45, 2.75) is 0 Å². The summed E-state index contributed by atoms with van der Waals surface area (Å²) in [6.07, 6.45) is 0. The Hall–Kier alpha value is -2.74. The highest BCUT2D eigenvalue weighted by molar-refractivity contribution is 6.31. The van der Waals surface area contributed by atoms with Gasteiger partial charge in [0, 0.05) is 29.9 Å². The van der Waals surface area contributed by atoms with Crippen LogP contribution in [0.3, 0.4) is 0 Å². The van der Waals surface area contributed by atoms with E-state index in [1.54, 1.807) is 30.3 Å². The molecule has 0 radical (unpaired) electrons. The summed E-state index contributed by atoms with van der Waals surface area (Å²) in [5.74, 6) is -0.832. The lowest BCUT2D eigenvalue weighted by atomic mass is 9.82. The highest BCUT2D eigenvalue weighted by Crippen LogP contribution is 2.36. The van der Waals surface area contributed by atoms with Gasteiger partial charge in [0.2, 0.25) is 0 Å². The van der Waals surface area contributed by atoms with Crippen LogP contribution in [0.5, 0.6) is 5.75 Å². The first kappa shape index (κ1) is 19.0. The Morgan fingerprint density at radius 1 is 0.852 bits per heavy atom. The van der Waals surface area contributed by atoms with Gasteiger partial charge in [0.15, 0.2) is 11.6 Å². The lowest BCUT2D eigenvalue weighted by molar-refractivity contribution is 0.0547. The molecule has 0 aliphatic heterocycles. The van der Waals surface area contributed by atoms with Crippen molar-refractivity contribution in [3.05, 3.63) is 58.7 Å². The summed E-state index contributed by atoms with van der Waals surface area (Å²) in [6.45, 7) is 2.73. The van der Waals surface area contributed by atoms with Gasteiger partial charge < -0.3 is 25.6 Å². The first-order valence-corrected chi connectivity index (χ1v) is 8.79. The third-order valence-corrected chi connectivity index (χ3v) is 4.25. The molecule has 0 aromatic heterocycles. The number of nitrogens with one attached hydrogen (secondary N) is 1. The number of carbonyl (C=O) groups excluding carboxylic acids is 2. The number of nitrogens with two attached hydrogens (primary N) is 1. The molecule has 2 aromatic carbocycles. The lowest BCUT2D eigenvalue weighted by Crippen LogP contribution is -2.23. The number of benzene rings is 2. The van der Waals surface area contributed by atoms with Crippen molar-refractivity contribution in [3.8, 4) is 5.75 Å². The number of fused-ring (bicyclic) bond motifs is 2. The monoisotopic (exact) mass is 370 g/mol. The number of aromatic hydroxyl groups is 1. The molecule has 1 aliphatic rings. The molecule has 0 fully saturated rings. The zero-order valence-corrected chi connectivity index (χ0v) is 14.9. The molecule has 0 saturated heterocycles. The Morgan fingerprint density at radius 2 is 1.48 bits per heavy atom. The number of carbonyl (C=O) groups is 2. The zero-order chi connectivity index (χ0) is 19.2. The molecule has 1 aliphatic carbocycles. The Morgan fingerprint density at radius 3 is 2.15 bits per heavy atom. The van der Waals surface area contributed by atoms with Crippen molar-refractivity contribution in [1.29, 1.82) is 0 Å². The van der Waals surface area contributed by atoms with Crippen LogP contribution >= 0.6 is 0 Å². The average molecular weight is 370 g/mol. The number of hydrogen-bond donors (Lipinski definition) is 3. The van der Waals surface area contributed by atoms with Gasteiger partial charge in [-0.3, -0.25) is 9.59 Å². The maximum absolute atomic E-state index is 12.9. The van der Waals surface area contributed by atoms with E-state index in [1.165, 1.54) is 6.07 Å². The molecule has 0 saturated carbocycles. The molecule has 0 bridgehead atoms. The highest BCUT2D eigenvalue weighted by atomic mass is 16.5. The molecule has 0 unspecified atom stereocenters. The first-order chi connectivity index (χ1) is 13.1. The van der Waals surface area contributed by atoms with Crippen LogP contribution in [-0.2, 0) is 9.47 Å². The number of phenolic OH excluding ortho intramolecular Hbond substituents is 1. The topological polar surface area (TPSA) is 111 Å². The Bertz CT molecular complexity index is 850. The molecule has 0 amide bonds. The number of hydrogen-bond acceptors (Lipinski definition) is 7. The molecular weight excluding hydrogens is 348 g/mol. The normalized spacial score (nSPS) is 12.6. The van der Waals surface area contributed by atoms with E-state index in [0.717, 1.165) is 0 Å². The molecule has 7 heteroatoms. The predicted octanol–water partition coefficient (Wildman–Crippen LogP) is 1.57. The summed E-state index contributed by atoms with van der Waals surface area (Å²) in [7, 11) is 0. The molecule has 4 N–H and O–H groups in total. The van der Waals surface area contributed by atoms with Gasteiger partial charge in [0.1, 0.15) is 5.75 Å². The maximum Gasteiger partial charge on any atom is 0.198 e. The average Bonchev–Trinajstić information content (AvgIpc) is 2.69. The summed E-state index contributed by atoms with van der Waals surface area (Å²) < 4.78 is 10.7. The van der Waals surface area contributed by atoms with E-state index in [1.807, 2.05) is 0 Å². The van der Waals surface area contributed by atoms with Crippen LogP contribution in [0.1, 0.15) is 31.8 Å². The minimum Gasteiger partial charge on any atom is -0.507 e. The summed E-state index contributed by atoms with van der Waals surface area (Å²) in [4.78, 5) is 25.6. The largest absolute Gasteiger partial charge is 0.507 e. The number of anilines is 1. The van der Waals surface area contributed by atoms with Gasteiger partial charge in [-0.2, -0.15) is 0 Å². The minimum atomic E-state index is -0.352. The van der Waals surface area contributed by atoms with Crippen molar-refractivity contribution < 1.29 is 24.2 Å². The molecule has 7 nitrogen and oxygen atoms in total. The maximum atomic E-state index is 12.9. The van der Waals surface area contributed by atoms with Gasteiger partial charge in [-0.15, -0.1) is 0 Å². The van der Waals surface area contributed by atoms with Crippen molar-refractivity contribution in [1.82, 2.24) is 0 Å². The second kappa shape index (κ2) is 8.77. The van der Waals surface area contributed by atoms with Gasteiger partial charge >= 0.3 is 0 Å². The van der Waals surface area contributed by atoms with Crippen LogP contribution in [0.2, 0.25) is 0 Å². The van der Waals surface area contributed by atoms with E-state index >= 15 is 0 Å². The fourth-order valence-electron chi connectivity index (χ4n) is 3.02. The van der Waals surface area contributed by atoms with Gasteiger partial charge in [0.25, 0.3) is 0 Å². The quantitative estimate of drug-likeness (QED) is 0.387. The Kier molecular flexibility index (Phi) is 6.18. The van der Waals surface area contributed by atoms with Gasteiger partial charge in [0.05, 0.1) is 37.6 Å². The highest BCUT2D eigenvalue weighted by Gasteiger charge is 2.33. The van der Waals surface area contributed by atoms with E-state index in [9.17, 15) is 14.7 Å². The number of phenols is 1. The lowest BCUT2D eigenvalue weighted by Gasteiger charge is -2.21. The van der Waals surface area contributed by atoms with Gasteiger partial charge in [-0.05, 0) is 12.1 Å². The van der Waals surface area contributed by atoms with E-state index in [2.05, 4.69) is 5.32 Å². The number of ether oxygens (including phenoxy) is 2. The van der Waals surface area contributed by atoms with Crippen LogP contribution in [-0.4, -0.2) is 56.2 Å². The van der Waals surface area contributed by atoms with E-state index < -0.39 is 0 Å². The fraction of sp³-hybridized carbons (Fsp3) is 0.300. The molecule has 2 aromatic rings. The van der Waals surface area contributed by atoms with Crippen molar-refractivity contribution in [3.63, 3.8) is 0 Å². The number of ketones is 2. The second-order valence-corrected chi connectivity index (χ2v) is 6.03. The van der Waals surface area contributed by atoms with Gasteiger partial charge in [-0.25, -0.2) is 0 Å². The summed E-state index contributed by atoms with van der Waals surface area (Å²) in [6, 6.07) is 9.64. The summed E-state index contributed by atoms with van der Waals surface area (Å²) in [5, 5.41) is 13.3. The molecule has 142 valence electrons. The van der Waals surface area contributed by atoms with Crippen molar-refractivity contribution in [2.75, 3.05) is 44.8 Å². The molecule has 0 heterocycles. The third kappa shape index (κ3) is 4.00. The molecule has 0 atom stereocenters. The molecule has 27 heavy (non-hydrogen) atoms. The second-order valence-electron chi connectivity index (χ2n) is 6.03. The van der Waals surface area contributed by atoms with E-state index in [0.29, 0.717) is 56.3 Å².